The van der Waals surface area contributed by atoms with Crippen LogP contribution in [0.15, 0.2) is 28.8 Å². The molecule has 5 heteroatoms. The molecule has 1 aromatic carbocycles. The highest BCUT2D eigenvalue weighted by Crippen LogP contribution is 2.47. The fraction of sp³-hybridized carbons (Fsp3) is 0.400. The Morgan fingerprint density at radius 1 is 1.25 bits per heavy atom. The van der Waals surface area contributed by atoms with Gasteiger partial charge in [0.05, 0.1) is 11.8 Å². The molecule has 102 valence electrons. The summed E-state index contributed by atoms with van der Waals surface area (Å²) in [5.74, 6) is 0.257. The van der Waals surface area contributed by atoms with Crippen molar-refractivity contribution in [2.24, 2.45) is 5.92 Å². The van der Waals surface area contributed by atoms with Gasteiger partial charge in [-0.1, -0.05) is 29.4 Å². The van der Waals surface area contributed by atoms with Gasteiger partial charge in [0.25, 0.3) is 0 Å². The molecule has 0 amide bonds. The Bertz CT molecular complexity index is 654. The van der Waals surface area contributed by atoms with Gasteiger partial charge in [-0.2, -0.15) is 4.98 Å². The van der Waals surface area contributed by atoms with Crippen LogP contribution in [-0.4, -0.2) is 21.2 Å². The molecule has 0 aliphatic heterocycles. The fourth-order valence-electron chi connectivity index (χ4n) is 3.05. The SMILES string of the molecule is O=C(O)C1CC1c1nc(C2Cc3ccccc3C2)no1. The number of benzene rings is 1. The molecule has 1 aromatic heterocycles. The normalized spacial score (nSPS) is 24.6. The summed E-state index contributed by atoms with van der Waals surface area (Å²) in [7, 11) is 0. The second-order valence-electron chi connectivity index (χ2n) is 5.65. The molecule has 2 unspecified atom stereocenters. The third kappa shape index (κ3) is 1.81. The summed E-state index contributed by atoms with van der Waals surface area (Å²) in [6, 6.07) is 8.37. The average Bonchev–Trinajstić information content (AvgIpc) is 2.93. The van der Waals surface area contributed by atoms with Crippen molar-refractivity contribution >= 4 is 5.97 Å². The lowest BCUT2D eigenvalue weighted by Crippen LogP contribution is -2.01. The van der Waals surface area contributed by atoms with E-state index in [9.17, 15) is 4.79 Å². The fourth-order valence-corrected chi connectivity index (χ4v) is 3.05. The topological polar surface area (TPSA) is 76.2 Å². The van der Waals surface area contributed by atoms with Crippen molar-refractivity contribution in [3.63, 3.8) is 0 Å². The molecule has 5 nitrogen and oxygen atoms in total. The first-order valence-corrected chi connectivity index (χ1v) is 6.85. The van der Waals surface area contributed by atoms with E-state index >= 15 is 0 Å². The van der Waals surface area contributed by atoms with E-state index < -0.39 is 5.97 Å². The van der Waals surface area contributed by atoms with E-state index in [0.717, 1.165) is 12.8 Å². The quantitative estimate of drug-likeness (QED) is 0.924. The molecular weight excluding hydrogens is 256 g/mol. The number of carboxylic acid groups (broad SMARTS) is 1. The molecule has 0 spiro atoms. The monoisotopic (exact) mass is 270 g/mol. The minimum Gasteiger partial charge on any atom is -0.481 e. The highest BCUT2D eigenvalue weighted by molar-refractivity contribution is 5.74. The minimum atomic E-state index is -0.775. The molecule has 1 saturated carbocycles. The predicted octanol–water partition coefficient (Wildman–Crippen LogP) is 2.14. The average molecular weight is 270 g/mol. The predicted molar refractivity (Wildman–Crippen MR) is 69.4 cm³/mol. The van der Waals surface area contributed by atoms with Gasteiger partial charge in [0.15, 0.2) is 5.82 Å². The second kappa shape index (κ2) is 4.16. The molecule has 2 aromatic rings. The van der Waals surface area contributed by atoms with Gasteiger partial charge in [-0.3, -0.25) is 4.79 Å². The van der Waals surface area contributed by atoms with Gasteiger partial charge in [-0.15, -0.1) is 0 Å². The molecule has 4 rings (SSSR count). The maximum atomic E-state index is 10.9. The zero-order valence-electron chi connectivity index (χ0n) is 10.8. The number of carboxylic acids is 1. The molecule has 1 fully saturated rings. The first kappa shape index (κ1) is 11.6. The number of hydrogen-bond donors (Lipinski definition) is 1. The van der Waals surface area contributed by atoms with E-state index in [-0.39, 0.29) is 17.8 Å². The zero-order chi connectivity index (χ0) is 13.7. The summed E-state index contributed by atoms with van der Waals surface area (Å²) in [5, 5.41) is 13.0. The van der Waals surface area contributed by atoms with Crippen LogP contribution in [0.5, 0.6) is 0 Å². The lowest BCUT2D eigenvalue weighted by Gasteiger charge is -2.00. The third-order valence-electron chi connectivity index (χ3n) is 4.30. The first-order valence-electron chi connectivity index (χ1n) is 6.85. The van der Waals surface area contributed by atoms with Crippen molar-refractivity contribution < 1.29 is 14.4 Å². The van der Waals surface area contributed by atoms with Crippen LogP contribution in [0.3, 0.4) is 0 Å². The van der Waals surface area contributed by atoms with Gasteiger partial charge in [0.2, 0.25) is 5.89 Å². The zero-order valence-corrected chi connectivity index (χ0v) is 10.8. The van der Waals surface area contributed by atoms with Crippen molar-refractivity contribution in [2.45, 2.75) is 31.1 Å². The molecule has 0 bridgehead atoms. The smallest absolute Gasteiger partial charge is 0.307 e. The Morgan fingerprint density at radius 2 is 1.95 bits per heavy atom. The number of nitrogens with zero attached hydrogens (tertiary/aromatic N) is 2. The van der Waals surface area contributed by atoms with E-state index in [1.807, 2.05) is 12.1 Å². The van der Waals surface area contributed by atoms with Crippen molar-refractivity contribution in [2.75, 3.05) is 0 Å². The van der Waals surface area contributed by atoms with Crippen molar-refractivity contribution in [1.29, 1.82) is 0 Å². The maximum absolute atomic E-state index is 10.9. The number of carbonyl (C=O) groups is 1. The lowest BCUT2D eigenvalue weighted by atomic mass is 10.1. The largest absolute Gasteiger partial charge is 0.481 e. The summed E-state index contributed by atoms with van der Waals surface area (Å²) in [6.07, 6.45) is 2.48. The number of aliphatic carboxylic acids is 1. The van der Waals surface area contributed by atoms with Gasteiger partial charge in [-0.25, -0.2) is 0 Å². The molecule has 0 radical (unpaired) electrons. The van der Waals surface area contributed by atoms with Crippen LogP contribution < -0.4 is 0 Å². The van der Waals surface area contributed by atoms with Crippen molar-refractivity contribution in [3.8, 4) is 0 Å². The molecule has 1 heterocycles. The van der Waals surface area contributed by atoms with Crippen molar-refractivity contribution in [1.82, 2.24) is 10.1 Å². The molecule has 2 atom stereocenters. The van der Waals surface area contributed by atoms with Crippen LogP contribution >= 0.6 is 0 Å². The number of fused-ring (bicyclic) bond motifs is 1. The Balaban J connectivity index is 1.52. The molecule has 20 heavy (non-hydrogen) atoms. The Labute approximate surface area is 115 Å². The molecule has 1 N–H and O–H groups in total. The minimum absolute atomic E-state index is 0.0856. The van der Waals surface area contributed by atoms with E-state index in [1.54, 1.807) is 0 Å². The van der Waals surface area contributed by atoms with Gasteiger partial charge < -0.3 is 9.63 Å². The summed E-state index contributed by atoms with van der Waals surface area (Å²) >= 11 is 0. The standard InChI is InChI=1S/C15H14N2O3/c18-15(19)12-7-11(12)14-16-13(17-20-14)10-5-8-3-1-2-4-9(8)6-10/h1-4,10-12H,5-7H2,(H,18,19). The third-order valence-corrected chi connectivity index (χ3v) is 4.30. The Kier molecular flexibility index (Phi) is 2.42. The highest BCUT2D eigenvalue weighted by atomic mass is 16.5. The van der Waals surface area contributed by atoms with Crippen LogP contribution in [0, 0.1) is 5.92 Å². The molecule has 0 saturated heterocycles. The van der Waals surface area contributed by atoms with Crippen LogP contribution in [0.4, 0.5) is 0 Å². The van der Waals surface area contributed by atoms with Gasteiger partial charge in [0, 0.05) is 5.92 Å². The number of hydrogen-bond acceptors (Lipinski definition) is 4. The molecular formula is C15H14N2O3. The van der Waals surface area contributed by atoms with Crippen LogP contribution in [0.25, 0.3) is 0 Å². The maximum Gasteiger partial charge on any atom is 0.307 e. The van der Waals surface area contributed by atoms with E-state index in [1.165, 1.54) is 11.1 Å². The van der Waals surface area contributed by atoms with Gasteiger partial charge in [-0.05, 0) is 30.4 Å². The van der Waals surface area contributed by atoms with E-state index in [0.29, 0.717) is 18.1 Å². The van der Waals surface area contributed by atoms with Gasteiger partial charge >= 0.3 is 5.97 Å². The van der Waals surface area contributed by atoms with Crippen LogP contribution in [0.2, 0.25) is 0 Å². The number of aromatic nitrogens is 2. The summed E-state index contributed by atoms with van der Waals surface area (Å²) < 4.78 is 5.26. The first-order chi connectivity index (χ1) is 9.72. The highest BCUT2D eigenvalue weighted by Gasteiger charge is 2.48. The van der Waals surface area contributed by atoms with Crippen LogP contribution in [-0.2, 0) is 17.6 Å². The Hall–Kier alpha value is -2.17. The van der Waals surface area contributed by atoms with E-state index in [4.69, 9.17) is 9.63 Å². The van der Waals surface area contributed by atoms with Crippen molar-refractivity contribution in [3.05, 3.63) is 47.1 Å². The molecule has 2 aliphatic rings. The lowest BCUT2D eigenvalue weighted by molar-refractivity contribution is -0.138. The molecule has 2 aliphatic carbocycles. The van der Waals surface area contributed by atoms with Gasteiger partial charge in [0.1, 0.15) is 0 Å². The van der Waals surface area contributed by atoms with Crippen LogP contribution in [0.1, 0.15) is 41.1 Å². The Morgan fingerprint density at radius 3 is 2.55 bits per heavy atom. The number of rotatable bonds is 3. The second-order valence-corrected chi connectivity index (χ2v) is 5.65. The summed E-state index contributed by atoms with van der Waals surface area (Å²) in [4.78, 5) is 15.3. The summed E-state index contributed by atoms with van der Waals surface area (Å²) in [5.41, 5.74) is 2.69. The van der Waals surface area contributed by atoms with E-state index in [2.05, 4.69) is 22.3 Å². The summed E-state index contributed by atoms with van der Waals surface area (Å²) in [6.45, 7) is 0.